The number of benzene rings is 1. The molecule has 21 heavy (non-hydrogen) atoms. The van der Waals surface area contributed by atoms with E-state index in [1.807, 2.05) is 26.8 Å². The fraction of sp³-hybridized carbons (Fsp3) is 0.438. The third-order valence-corrected chi connectivity index (χ3v) is 2.65. The summed E-state index contributed by atoms with van der Waals surface area (Å²) in [6.07, 6.45) is -1.20. The van der Waals surface area contributed by atoms with Crippen molar-refractivity contribution in [2.75, 3.05) is 0 Å². The molecule has 0 saturated heterocycles. The molecule has 112 valence electrons. The number of alkyl carbamates (subject to hydrolysis) is 1. The SMILES string of the molecule is CC(=O)c1ccc(CC(C#N)OC(=O)NC(C)(C)C)cc1. The second-order valence-corrected chi connectivity index (χ2v) is 5.86. The number of carbonyl (C=O) groups excluding carboxylic acids is 2. The molecule has 0 saturated carbocycles. The fourth-order valence-electron chi connectivity index (χ4n) is 1.67. The molecule has 0 fully saturated rings. The molecule has 0 bridgehead atoms. The highest BCUT2D eigenvalue weighted by Crippen LogP contribution is 2.10. The van der Waals surface area contributed by atoms with Gasteiger partial charge in [-0.2, -0.15) is 5.26 Å². The number of rotatable bonds is 4. The smallest absolute Gasteiger partial charge is 0.408 e. The van der Waals surface area contributed by atoms with Crippen molar-refractivity contribution in [1.29, 1.82) is 5.26 Å². The van der Waals surface area contributed by atoms with Gasteiger partial charge in [-0.3, -0.25) is 4.79 Å². The summed E-state index contributed by atoms with van der Waals surface area (Å²) in [5.41, 5.74) is 1.02. The van der Waals surface area contributed by atoms with E-state index in [0.29, 0.717) is 5.56 Å². The van der Waals surface area contributed by atoms with Gasteiger partial charge in [0.05, 0.1) is 0 Å². The first kappa shape index (κ1) is 16.7. The maximum Gasteiger partial charge on any atom is 0.408 e. The molecule has 1 aromatic carbocycles. The third kappa shape index (κ3) is 6.09. The van der Waals surface area contributed by atoms with E-state index in [9.17, 15) is 9.59 Å². The van der Waals surface area contributed by atoms with Gasteiger partial charge in [0.2, 0.25) is 0 Å². The van der Waals surface area contributed by atoms with Gasteiger partial charge in [0.15, 0.2) is 11.9 Å². The predicted molar refractivity (Wildman–Crippen MR) is 78.9 cm³/mol. The minimum Gasteiger partial charge on any atom is -0.430 e. The van der Waals surface area contributed by atoms with E-state index < -0.39 is 17.7 Å². The molecule has 0 spiro atoms. The lowest BCUT2D eigenvalue weighted by Crippen LogP contribution is -2.42. The van der Waals surface area contributed by atoms with Gasteiger partial charge in [-0.25, -0.2) is 4.79 Å². The summed E-state index contributed by atoms with van der Waals surface area (Å²) in [5.74, 6) is -0.0146. The molecule has 1 amide bonds. The second-order valence-electron chi connectivity index (χ2n) is 5.86. The number of hydrogen-bond acceptors (Lipinski definition) is 4. The molecule has 0 radical (unpaired) electrons. The van der Waals surface area contributed by atoms with Crippen molar-refractivity contribution >= 4 is 11.9 Å². The number of Topliss-reactive ketones (excluding diaryl/α,β-unsaturated/α-hetero) is 1. The number of ketones is 1. The van der Waals surface area contributed by atoms with Gasteiger partial charge in [0, 0.05) is 17.5 Å². The van der Waals surface area contributed by atoms with Gasteiger partial charge >= 0.3 is 6.09 Å². The number of hydrogen-bond donors (Lipinski definition) is 1. The maximum absolute atomic E-state index is 11.6. The zero-order chi connectivity index (χ0) is 16.0. The van der Waals surface area contributed by atoms with Gasteiger partial charge in [-0.15, -0.1) is 0 Å². The molecule has 0 aliphatic carbocycles. The standard InChI is InChI=1S/C16H20N2O3/c1-11(19)13-7-5-12(6-8-13)9-14(10-17)21-15(20)18-16(2,3)4/h5-8,14H,9H2,1-4H3,(H,18,20). The first-order valence-electron chi connectivity index (χ1n) is 6.69. The van der Waals surface area contributed by atoms with Crippen LogP contribution in [0.4, 0.5) is 4.79 Å². The number of nitriles is 1. The molecule has 0 aromatic heterocycles. The molecule has 5 heteroatoms. The van der Waals surface area contributed by atoms with Gasteiger partial charge in [-0.05, 0) is 33.3 Å². The number of ether oxygens (including phenoxy) is 1. The normalized spacial score (nSPS) is 12.1. The van der Waals surface area contributed by atoms with E-state index in [0.717, 1.165) is 5.56 Å². The Morgan fingerprint density at radius 1 is 1.29 bits per heavy atom. The Balaban J connectivity index is 2.64. The largest absolute Gasteiger partial charge is 0.430 e. The van der Waals surface area contributed by atoms with E-state index in [4.69, 9.17) is 10.00 Å². The van der Waals surface area contributed by atoms with Crippen LogP contribution in [-0.4, -0.2) is 23.5 Å². The summed E-state index contributed by atoms with van der Waals surface area (Å²) >= 11 is 0. The van der Waals surface area contributed by atoms with Gasteiger partial charge in [0.1, 0.15) is 6.07 Å². The number of nitrogens with zero attached hydrogens (tertiary/aromatic N) is 1. The second kappa shape index (κ2) is 6.89. The number of carbonyl (C=O) groups is 2. The molecular formula is C16H20N2O3. The van der Waals surface area contributed by atoms with Gasteiger partial charge in [0.25, 0.3) is 0 Å². The summed E-state index contributed by atoms with van der Waals surface area (Å²) < 4.78 is 5.08. The van der Waals surface area contributed by atoms with E-state index >= 15 is 0 Å². The molecule has 1 N–H and O–H groups in total. The van der Waals surface area contributed by atoms with Crippen molar-refractivity contribution in [3.63, 3.8) is 0 Å². The van der Waals surface area contributed by atoms with Crippen LogP contribution in [0.15, 0.2) is 24.3 Å². The Morgan fingerprint density at radius 3 is 2.29 bits per heavy atom. The molecular weight excluding hydrogens is 268 g/mol. The third-order valence-electron chi connectivity index (χ3n) is 2.65. The molecule has 1 unspecified atom stereocenters. The average molecular weight is 288 g/mol. The van der Waals surface area contributed by atoms with Crippen LogP contribution in [0.3, 0.4) is 0 Å². The lowest BCUT2D eigenvalue weighted by atomic mass is 10.0. The quantitative estimate of drug-likeness (QED) is 0.864. The molecule has 5 nitrogen and oxygen atoms in total. The van der Waals surface area contributed by atoms with Crippen molar-refractivity contribution in [2.45, 2.75) is 45.8 Å². The molecule has 1 atom stereocenters. The van der Waals surface area contributed by atoms with Crippen LogP contribution < -0.4 is 5.32 Å². The van der Waals surface area contributed by atoms with Crippen molar-refractivity contribution < 1.29 is 14.3 Å². The summed E-state index contributed by atoms with van der Waals surface area (Å²) in [7, 11) is 0. The first-order valence-corrected chi connectivity index (χ1v) is 6.69. The average Bonchev–Trinajstić information content (AvgIpc) is 2.36. The summed E-state index contributed by atoms with van der Waals surface area (Å²) in [4.78, 5) is 22.8. The van der Waals surface area contributed by atoms with E-state index in [2.05, 4.69) is 5.32 Å². The van der Waals surface area contributed by atoms with Crippen LogP contribution in [0.1, 0.15) is 43.6 Å². The fourth-order valence-corrected chi connectivity index (χ4v) is 1.67. The minimum absolute atomic E-state index is 0.0146. The van der Waals surface area contributed by atoms with Crippen LogP contribution in [0.5, 0.6) is 0 Å². The summed E-state index contributed by atoms with van der Waals surface area (Å²) in [6.45, 7) is 6.98. The number of nitrogens with one attached hydrogen (secondary N) is 1. The van der Waals surface area contributed by atoms with Crippen LogP contribution in [-0.2, 0) is 11.2 Å². The monoisotopic (exact) mass is 288 g/mol. The van der Waals surface area contributed by atoms with Crippen molar-refractivity contribution in [2.24, 2.45) is 0 Å². The molecule has 1 aromatic rings. The lowest BCUT2D eigenvalue weighted by molar-refractivity contribution is 0.101. The Kier molecular flexibility index (Phi) is 5.48. The van der Waals surface area contributed by atoms with Gasteiger partial charge in [-0.1, -0.05) is 24.3 Å². The number of amides is 1. The topological polar surface area (TPSA) is 79.2 Å². The van der Waals surface area contributed by atoms with Crippen LogP contribution in [0.25, 0.3) is 0 Å². The summed E-state index contributed by atoms with van der Waals surface area (Å²) in [5, 5.41) is 11.7. The molecule has 1 rings (SSSR count). The Bertz CT molecular complexity index is 550. The maximum atomic E-state index is 11.6. The Labute approximate surface area is 124 Å². The molecule has 0 aliphatic heterocycles. The first-order chi connectivity index (χ1) is 9.71. The van der Waals surface area contributed by atoms with Crippen molar-refractivity contribution in [3.8, 4) is 6.07 Å². The Morgan fingerprint density at radius 2 is 1.86 bits per heavy atom. The highest BCUT2D eigenvalue weighted by atomic mass is 16.6. The molecule has 0 aliphatic rings. The Hall–Kier alpha value is -2.35. The summed E-state index contributed by atoms with van der Waals surface area (Å²) in [6, 6.07) is 8.86. The van der Waals surface area contributed by atoms with Crippen LogP contribution in [0.2, 0.25) is 0 Å². The molecule has 0 heterocycles. The zero-order valence-electron chi connectivity index (χ0n) is 12.8. The lowest BCUT2D eigenvalue weighted by Gasteiger charge is -2.21. The predicted octanol–water partition coefficient (Wildman–Crippen LogP) is 2.85. The van der Waals surface area contributed by atoms with E-state index in [1.165, 1.54) is 6.92 Å². The minimum atomic E-state index is -0.865. The van der Waals surface area contributed by atoms with Gasteiger partial charge < -0.3 is 10.1 Å². The van der Waals surface area contributed by atoms with E-state index in [-0.39, 0.29) is 12.2 Å². The van der Waals surface area contributed by atoms with Crippen LogP contribution in [0, 0.1) is 11.3 Å². The zero-order valence-corrected chi connectivity index (χ0v) is 12.8. The van der Waals surface area contributed by atoms with Crippen LogP contribution >= 0.6 is 0 Å². The highest BCUT2D eigenvalue weighted by Gasteiger charge is 2.19. The van der Waals surface area contributed by atoms with E-state index in [1.54, 1.807) is 24.3 Å². The highest BCUT2D eigenvalue weighted by molar-refractivity contribution is 5.94. The van der Waals surface area contributed by atoms with Crippen molar-refractivity contribution in [3.05, 3.63) is 35.4 Å². The van der Waals surface area contributed by atoms with Crippen molar-refractivity contribution in [1.82, 2.24) is 5.32 Å².